The molecule has 1 aromatic carbocycles. The fourth-order valence-electron chi connectivity index (χ4n) is 3.29. The molecule has 1 aliphatic rings. The first-order valence-electron chi connectivity index (χ1n) is 9.61. The smallest absolute Gasteiger partial charge is 0.191 e. The van der Waals surface area contributed by atoms with Crippen LogP contribution >= 0.6 is 24.0 Å². The Hall–Kier alpha value is -1.94. The second-order valence-electron chi connectivity index (χ2n) is 6.74. The number of guanidine groups is 1. The zero-order chi connectivity index (χ0) is 18.9. The number of nitrogens with zero attached hydrogens (tertiary/aromatic N) is 4. The van der Waals surface area contributed by atoms with Gasteiger partial charge in [-0.1, -0.05) is 24.3 Å². The van der Waals surface area contributed by atoms with E-state index in [1.54, 1.807) is 0 Å². The number of nitrogens with one attached hydrogen (secondary N) is 3. The Morgan fingerprint density at radius 1 is 1.39 bits per heavy atom. The van der Waals surface area contributed by atoms with Crippen molar-refractivity contribution in [3.05, 3.63) is 48.8 Å². The zero-order valence-electron chi connectivity index (χ0n) is 16.4. The van der Waals surface area contributed by atoms with Crippen molar-refractivity contribution in [1.82, 2.24) is 30.7 Å². The van der Waals surface area contributed by atoms with E-state index in [0.717, 1.165) is 61.9 Å². The number of halogens is 1. The highest BCUT2D eigenvalue weighted by molar-refractivity contribution is 14.0. The van der Waals surface area contributed by atoms with Gasteiger partial charge < -0.3 is 10.6 Å². The first-order chi connectivity index (χ1) is 13.3. The number of hydrogen-bond donors (Lipinski definition) is 3. The van der Waals surface area contributed by atoms with E-state index in [-0.39, 0.29) is 24.0 Å². The standard InChI is InChI=1S/C20H29N7.HI/c1-3-10-27-11-8-18(9-12-27)25-20(21-4-2)22-14-16-6-5-7-17(13-16)19-23-15-24-26-19;/h3,5-7,13,15,18H,1,4,8-12,14H2,2H3,(H2,21,22,25)(H,23,24,26);1H. The predicted octanol–water partition coefficient (Wildman–Crippen LogP) is 2.80. The van der Waals surface area contributed by atoms with Gasteiger partial charge in [-0.05, 0) is 31.4 Å². The summed E-state index contributed by atoms with van der Waals surface area (Å²) in [5.74, 6) is 1.65. The minimum atomic E-state index is 0. The first-order valence-corrected chi connectivity index (χ1v) is 9.61. The van der Waals surface area contributed by atoms with E-state index in [2.05, 4.69) is 56.4 Å². The molecule has 0 amide bonds. The van der Waals surface area contributed by atoms with Crippen molar-refractivity contribution in [3.8, 4) is 11.4 Å². The molecule has 8 heteroatoms. The maximum absolute atomic E-state index is 4.77. The van der Waals surface area contributed by atoms with E-state index in [1.807, 2.05) is 18.2 Å². The molecule has 0 atom stereocenters. The third-order valence-corrected chi connectivity index (χ3v) is 4.70. The number of H-pyrrole nitrogens is 1. The van der Waals surface area contributed by atoms with Crippen molar-refractivity contribution in [3.63, 3.8) is 0 Å². The van der Waals surface area contributed by atoms with Crippen molar-refractivity contribution in [2.75, 3.05) is 26.2 Å². The molecule has 0 spiro atoms. The van der Waals surface area contributed by atoms with Gasteiger partial charge in [0.15, 0.2) is 11.8 Å². The van der Waals surface area contributed by atoms with Gasteiger partial charge in [0, 0.05) is 37.8 Å². The van der Waals surface area contributed by atoms with Crippen LogP contribution in [-0.2, 0) is 6.54 Å². The van der Waals surface area contributed by atoms with Crippen LogP contribution < -0.4 is 10.6 Å². The maximum Gasteiger partial charge on any atom is 0.191 e. The summed E-state index contributed by atoms with van der Waals surface area (Å²) in [5.41, 5.74) is 2.16. The van der Waals surface area contributed by atoms with Crippen LogP contribution in [0.3, 0.4) is 0 Å². The quantitative estimate of drug-likeness (QED) is 0.238. The van der Waals surface area contributed by atoms with Crippen LogP contribution in [0.25, 0.3) is 11.4 Å². The summed E-state index contributed by atoms with van der Waals surface area (Å²) in [4.78, 5) is 11.4. The van der Waals surface area contributed by atoms with E-state index in [1.165, 1.54) is 6.33 Å². The maximum atomic E-state index is 4.77. The lowest BCUT2D eigenvalue weighted by atomic mass is 10.1. The van der Waals surface area contributed by atoms with Gasteiger partial charge in [0.25, 0.3) is 0 Å². The monoisotopic (exact) mass is 495 g/mol. The van der Waals surface area contributed by atoms with E-state index in [9.17, 15) is 0 Å². The Kier molecular flexibility index (Phi) is 9.42. The molecule has 152 valence electrons. The fraction of sp³-hybridized carbons (Fsp3) is 0.450. The van der Waals surface area contributed by atoms with Crippen LogP contribution in [0.4, 0.5) is 0 Å². The molecule has 2 aromatic rings. The Labute approximate surface area is 184 Å². The summed E-state index contributed by atoms with van der Waals surface area (Å²) >= 11 is 0. The fourth-order valence-corrected chi connectivity index (χ4v) is 3.29. The highest BCUT2D eigenvalue weighted by Gasteiger charge is 2.19. The summed E-state index contributed by atoms with van der Waals surface area (Å²) in [6.07, 6.45) is 5.75. The molecule has 28 heavy (non-hydrogen) atoms. The summed E-state index contributed by atoms with van der Waals surface area (Å²) in [5, 5.41) is 13.8. The van der Waals surface area contributed by atoms with E-state index in [4.69, 9.17) is 4.99 Å². The molecule has 7 nitrogen and oxygen atoms in total. The molecule has 1 aliphatic heterocycles. The number of aliphatic imine (C=N–C) groups is 1. The molecule has 0 radical (unpaired) electrons. The molecule has 0 bridgehead atoms. The molecule has 3 rings (SSSR count). The first kappa shape index (κ1) is 22.4. The Balaban J connectivity index is 0.00000280. The number of aromatic amines is 1. The molecule has 2 heterocycles. The van der Waals surface area contributed by atoms with Crippen molar-refractivity contribution < 1.29 is 0 Å². The number of rotatable bonds is 7. The van der Waals surface area contributed by atoms with Gasteiger partial charge in [-0.25, -0.2) is 9.98 Å². The van der Waals surface area contributed by atoms with Gasteiger partial charge >= 0.3 is 0 Å². The molecule has 3 N–H and O–H groups in total. The van der Waals surface area contributed by atoms with E-state index < -0.39 is 0 Å². The Morgan fingerprint density at radius 2 is 2.21 bits per heavy atom. The van der Waals surface area contributed by atoms with Crippen LogP contribution in [0.5, 0.6) is 0 Å². The average molecular weight is 495 g/mol. The van der Waals surface area contributed by atoms with E-state index in [0.29, 0.717) is 12.6 Å². The SMILES string of the molecule is C=CCN1CCC(NC(=NCc2cccc(-c3ncn[nH]3)c2)NCC)CC1.I. The van der Waals surface area contributed by atoms with Gasteiger partial charge in [0.05, 0.1) is 6.54 Å². The molecule has 1 fully saturated rings. The number of benzene rings is 1. The summed E-state index contributed by atoms with van der Waals surface area (Å²) in [7, 11) is 0. The number of aromatic nitrogens is 3. The third kappa shape index (κ3) is 6.59. The lowest BCUT2D eigenvalue weighted by molar-refractivity contribution is 0.225. The molecule has 1 aromatic heterocycles. The summed E-state index contributed by atoms with van der Waals surface area (Å²) in [6, 6.07) is 8.69. The van der Waals surface area contributed by atoms with Crippen molar-refractivity contribution in [1.29, 1.82) is 0 Å². The van der Waals surface area contributed by atoms with Gasteiger partial charge in [0.2, 0.25) is 0 Å². The predicted molar refractivity (Wildman–Crippen MR) is 125 cm³/mol. The van der Waals surface area contributed by atoms with Crippen LogP contribution in [0, 0.1) is 0 Å². The molecule has 0 aliphatic carbocycles. The number of likely N-dealkylation sites (tertiary alicyclic amines) is 1. The van der Waals surface area contributed by atoms with Crippen molar-refractivity contribution in [2.24, 2.45) is 4.99 Å². The van der Waals surface area contributed by atoms with Crippen molar-refractivity contribution >= 4 is 29.9 Å². The number of piperidine rings is 1. The largest absolute Gasteiger partial charge is 0.357 e. The van der Waals surface area contributed by atoms with Crippen LogP contribution in [0.2, 0.25) is 0 Å². The molecular weight excluding hydrogens is 465 g/mol. The Bertz CT molecular complexity index is 737. The van der Waals surface area contributed by atoms with Crippen LogP contribution in [0.1, 0.15) is 25.3 Å². The van der Waals surface area contributed by atoms with Gasteiger partial charge in [-0.15, -0.1) is 30.6 Å². The Morgan fingerprint density at radius 3 is 2.89 bits per heavy atom. The molecule has 0 unspecified atom stereocenters. The highest BCUT2D eigenvalue weighted by atomic mass is 127. The lowest BCUT2D eigenvalue weighted by Gasteiger charge is -2.32. The molecular formula is C20H30IN7. The lowest BCUT2D eigenvalue weighted by Crippen LogP contribution is -2.48. The normalized spacial score (nSPS) is 15.7. The minimum absolute atomic E-state index is 0. The highest BCUT2D eigenvalue weighted by Crippen LogP contribution is 2.16. The summed E-state index contributed by atoms with van der Waals surface area (Å²) < 4.78 is 0. The third-order valence-electron chi connectivity index (χ3n) is 4.70. The van der Waals surface area contributed by atoms with Gasteiger partial charge in [-0.3, -0.25) is 10.00 Å². The van der Waals surface area contributed by atoms with E-state index >= 15 is 0 Å². The van der Waals surface area contributed by atoms with Gasteiger partial charge in [-0.2, -0.15) is 5.10 Å². The topological polar surface area (TPSA) is 81.2 Å². The zero-order valence-corrected chi connectivity index (χ0v) is 18.7. The molecule has 0 saturated carbocycles. The van der Waals surface area contributed by atoms with Crippen LogP contribution in [0.15, 0.2) is 48.2 Å². The molecule has 1 saturated heterocycles. The van der Waals surface area contributed by atoms with Crippen LogP contribution in [-0.4, -0.2) is 58.3 Å². The second kappa shape index (κ2) is 11.8. The number of hydrogen-bond acceptors (Lipinski definition) is 4. The summed E-state index contributed by atoms with van der Waals surface area (Å²) in [6.45, 7) is 10.6. The van der Waals surface area contributed by atoms with Crippen molar-refractivity contribution in [2.45, 2.75) is 32.4 Å². The minimum Gasteiger partial charge on any atom is -0.357 e. The second-order valence-corrected chi connectivity index (χ2v) is 6.74. The van der Waals surface area contributed by atoms with Gasteiger partial charge in [0.1, 0.15) is 6.33 Å². The average Bonchev–Trinajstić information content (AvgIpc) is 3.23.